The summed E-state index contributed by atoms with van der Waals surface area (Å²) in [6.07, 6.45) is 4.39. The molecule has 3 aromatic rings. The number of halogens is 2. The quantitative estimate of drug-likeness (QED) is 0.276. The Morgan fingerprint density at radius 1 is 1.14 bits per heavy atom. The Hall–Kier alpha value is -2.19. The van der Waals surface area contributed by atoms with Crippen LogP contribution in [0.5, 0.6) is 5.75 Å². The zero-order chi connectivity index (χ0) is 24.8. The molecule has 9 heteroatoms. The number of ether oxygens (including phenoxy) is 1. The number of thioether (sulfide) groups is 1. The molecule has 2 aromatic carbocycles. The molecule has 1 amide bonds. The summed E-state index contributed by atoms with van der Waals surface area (Å²) in [4.78, 5) is 31.2. The minimum atomic E-state index is -0.179. The molecular formula is C26H29Cl2N3O3S. The highest BCUT2D eigenvalue weighted by molar-refractivity contribution is 7.99. The number of hydrogen-bond acceptors (Lipinski definition) is 5. The first-order valence-electron chi connectivity index (χ1n) is 11.8. The van der Waals surface area contributed by atoms with E-state index in [0.717, 1.165) is 55.3 Å². The number of piperidine rings is 1. The molecule has 0 spiro atoms. The number of hydrogen-bond donors (Lipinski definition) is 2. The second-order valence-electron chi connectivity index (χ2n) is 8.52. The SMILES string of the molecule is CCSc1ccc2c(C(=O)NCCCN3CCC(Oc4ccc(Cl)c(Cl)c4)CC3)c[nH]c(=O)c2c1. The van der Waals surface area contributed by atoms with Crippen LogP contribution in [0, 0.1) is 0 Å². The number of fused-ring (bicyclic) bond motifs is 1. The third kappa shape index (κ3) is 6.73. The maximum Gasteiger partial charge on any atom is 0.255 e. The molecule has 1 saturated heterocycles. The molecule has 0 aliphatic carbocycles. The van der Waals surface area contributed by atoms with Gasteiger partial charge in [-0.1, -0.05) is 36.2 Å². The van der Waals surface area contributed by atoms with E-state index < -0.39 is 0 Å². The van der Waals surface area contributed by atoms with Crippen LogP contribution < -0.4 is 15.6 Å². The molecule has 0 atom stereocenters. The van der Waals surface area contributed by atoms with Crippen molar-refractivity contribution < 1.29 is 9.53 Å². The summed E-state index contributed by atoms with van der Waals surface area (Å²) in [6.45, 7) is 5.44. The van der Waals surface area contributed by atoms with E-state index in [2.05, 4.69) is 22.1 Å². The number of H-pyrrole nitrogens is 1. The van der Waals surface area contributed by atoms with Gasteiger partial charge in [-0.3, -0.25) is 9.59 Å². The van der Waals surface area contributed by atoms with Gasteiger partial charge in [0.2, 0.25) is 0 Å². The van der Waals surface area contributed by atoms with Gasteiger partial charge in [-0.2, -0.15) is 0 Å². The molecule has 2 N–H and O–H groups in total. The van der Waals surface area contributed by atoms with Gasteiger partial charge in [0.1, 0.15) is 11.9 Å². The molecule has 4 rings (SSSR count). The Balaban J connectivity index is 1.23. The van der Waals surface area contributed by atoms with Gasteiger partial charge in [-0.15, -0.1) is 11.8 Å². The smallest absolute Gasteiger partial charge is 0.255 e. The van der Waals surface area contributed by atoms with Crippen LogP contribution in [-0.2, 0) is 0 Å². The number of amides is 1. The van der Waals surface area contributed by atoms with Gasteiger partial charge in [-0.25, -0.2) is 0 Å². The number of aromatic amines is 1. The van der Waals surface area contributed by atoms with Crippen LogP contribution in [0.4, 0.5) is 0 Å². The maximum atomic E-state index is 12.8. The molecular weight excluding hydrogens is 505 g/mol. The zero-order valence-electron chi connectivity index (χ0n) is 19.6. The summed E-state index contributed by atoms with van der Waals surface area (Å²) < 4.78 is 6.06. The summed E-state index contributed by atoms with van der Waals surface area (Å²) in [5.74, 6) is 1.50. The van der Waals surface area contributed by atoms with Crippen LogP contribution in [0.2, 0.25) is 10.0 Å². The van der Waals surface area contributed by atoms with E-state index in [1.165, 1.54) is 6.20 Å². The third-order valence-corrected chi connectivity index (χ3v) is 7.71. The van der Waals surface area contributed by atoms with Crippen molar-refractivity contribution in [2.24, 2.45) is 0 Å². The van der Waals surface area contributed by atoms with E-state index in [-0.39, 0.29) is 17.6 Å². The zero-order valence-corrected chi connectivity index (χ0v) is 21.9. The predicted octanol–water partition coefficient (Wildman–Crippen LogP) is 5.61. The maximum absolute atomic E-state index is 12.8. The van der Waals surface area contributed by atoms with Gasteiger partial charge in [0.15, 0.2) is 0 Å². The number of carbonyl (C=O) groups is 1. The molecule has 1 aliphatic rings. The lowest BCUT2D eigenvalue weighted by Gasteiger charge is -2.32. The topological polar surface area (TPSA) is 74.4 Å². The summed E-state index contributed by atoms with van der Waals surface area (Å²) in [5.41, 5.74) is 0.314. The lowest BCUT2D eigenvalue weighted by atomic mass is 10.1. The van der Waals surface area contributed by atoms with Crippen molar-refractivity contribution >= 4 is 51.6 Å². The van der Waals surface area contributed by atoms with Crippen molar-refractivity contribution in [3.63, 3.8) is 0 Å². The molecule has 35 heavy (non-hydrogen) atoms. The monoisotopic (exact) mass is 533 g/mol. The second-order valence-corrected chi connectivity index (χ2v) is 10.7. The number of aromatic nitrogens is 1. The Morgan fingerprint density at radius 2 is 1.94 bits per heavy atom. The number of nitrogens with one attached hydrogen (secondary N) is 2. The molecule has 2 heterocycles. The number of pyridine rings is 1. The first kappa shape index (κ1) is 25.9. The number of carbonyl (C=O) groups excluding carboxylic acids is 1. The van der Waals surface area contributed by atoms with Crippen molar-refractivity contribution in [1.29, 1.82) is 0 Å². The van der Waals surface area contributed by atoms with Crippen LogP contribution in [-0.4, -0.2) is 53.8 Å². The fourth-order valence-electron chi connectivity index (χ4n) is 4.28. The molecule has 1 fully saturated rings. The highest BCUT2D eigenvalue weighted by Crippen LogP contribution is 2.28. The molecule has 6 nitrogen and oxygen atoms in total. The largest absolute Gasteiger partial charge is 0.490 e. The number of rotatable bonds is 9. The molecule has 0 bridgehead atoms. The molecule has 1 aromatic heterocycles. The standard InChI is InChI=1S/C26H29Cl2N3O3S/c1-2-35-19-5-6-20-21(15-19)25(32)30-16-22(20)26(33)29-10-3-11-31-12-8-17(9-13-31)34-18-4-7-23(27)24(28)14-18/h4-7,14-17H,2-3,8-13H2,1H3,(H,29,33)(H,30,32). The van der Waals surface area contributed by atoms with E-state index in [1.807, 2.05) is 24.3 Å². The Morgan fingerprint density at radius 3 is 2.69 bits per heavy atom. The minimum Gasteiger partial charge on any atom is -0.490 e. The summed E-state index contributed by atoms with van der Waals surface area (Å²) in [7, 11) is 0. The Kier molecular flexibility index (Phi) is 9.00. The number of nitrogens with zero attached hydrogens (tertiary/aromatic N) is 1. The lowest BCUT2D eigenvalue weighted by molar-refractivity contribution is 0.0936. The Labute approximate surface area is 219 Å². The lowest BCUT2D eigenvalue weighted by Crippen LogP contribution is -2.39. The molecule has 0 saturated carbocycles. The molecule has 0 unspecified atom stereocenters. The van der Waals surface area contributed by atoms with Gasteiger partial charge in [0.25, 0.3) is 11.5 Å². The normalized spacial score (nSPS) is 14.8. The van der Waals surface area contributed by atoms with E-state index >= 15 is 0 Å². The fraction of sp³-hybridized carbons (Fsp3) is 0.385. The predicted molar refractivity (Wildman–Crippen MR) is 144 cm³/mol. The van der Waals surface area contributed by atoms with Crippen LogP contribution in [0.15, 0.2) is 52.3 Å². The molecule has 186 valence electrons. The van der Waals surface area contributed by atoms with Crippen molar-refractivity contribution in [3.8, 4) is 5.75 Å². The highest BCUT2D eigenvalue weighted by Gasteiger charge is 2.20. The molecule has 1 aliphatic heterocycles. The third-order valence-electron chi connectivity index (χ3n) is 6.09. The van der Waals surface area contributed by atoms with E-state index in [1.54, 1.807) is 23.9 Å². The van der Waals surface area contributed by atoms with E-state index in [9.17, 15) is 9.59 Å². The first-order valence-corrected chi connectivity index (χ1v) is 13.6. The molecule has 0 radical (unpaired) electrons. The van der Waals surface area contributed by atoms with E-state index in [4.69, 9.17) is 27.9 Å². The van der Waals surface area contributed by atoms with Crippen molar-refractivity contribution in [3.05, 3.63) is 68.6 Å². The van der Waals surface area contributed by atoms with Crippen LogP contribution >= 0.6 is 35.0 Å². The van der Waals surface area contributed by atoms with Gasteiger partial charge in [-0.05, 0) is 55.8 Å². The van der Waals surface area contributed by atoms with Gasteiger partial charge >= 0.3 is 0 Å². The van der Waals surface area contributed by atoms with Crippen molar-refractivity contribution in [1.82, 2.24) is 15.2 Å². The summed E-state index contributed by atoms with van der Waals surface area (Å²) in [6, 6.07) is 11.0. The minimum absolute atomic E-state index is 0.160. The van der Waals surface area contributed by atoms with Crippen molar-refractivity contribution in [2.75, 3.05) is 31.9 Å². The number of benzene rings is 2. The van der Waals surface area contributed by atoms with Crippen LogP contribution in [0.25, 0.3) is 10.8 Å². The number of likely N-dealkylation sites (tertiary alicyclic amines) is 1. The van der Waals surface area contributed by atoms with Crippen LogP contribution in [0.1, 0.15) is 36.5 Å². The Bertz CT molecular complexity index is 1240. The van der Waals surface area contributed by atoms with E-state index in [0.29, 0.717) is 32.9 Å². The summed E-state index contributed by atoms with van der Waals surface area (Å²) in [5, 5.41) is 5.24. The fourth-order valence-corrected chi connectivity index (χ4v) is 5.26. The average Bonchev–Trinajstić information content (AvgIpc) is 2.86. The van der Waals surface area contributed by atoms with Crippen LogP contribution in [0.3, 0.4) is 0 Å². The van der Waals surface area contributed by atoms with Gasteiger partial charge in [0.05, 0.1) is 15.6 Å². The first-order chi connectivity index (χ1) is 16.9. The average molecular weight is 535 g/mol. The second kappa shape index (κ2) is 12.2. The van der Waals surface area contributed by atoms with Crippen molar-refractivity contribution in [2.45, 2.75) is 37.2 Å². The van der Waals surface area contributed by atoms with Gasteiger partial charge < -0.3 is 19.9 Å². The van der Waals surface area contributed by atoms with Gasteiger partial charge in [0, 0.05) is 47.6 Å². The summed E-state index contributed by atoms with van der Waals surface area (Å²) >= 11 is 13.7. The highest BCUT2D eigenvalue weighted by atomic mass is 35.5.